The molecule has 0 rings (SSSR count). The fourth-order valence-corrected chi connectivity index (χ4v) is 1.55. The first-order valence-electron chi connectivity index (χ1n) is 4.87. The second-order valence-electron chi connectivity index (χ2n) is 3.42. The molecule has 0 aliphatic heterocycles. The summed E-state index contributed by atoms with van der Waals surface area (Å²) in [7, 11) is 0. The van der Waals surface area contributed by atoms with E-state index >= 15 is 0 Å². The summed E-state index contributed by atoms with van der Waals surface area (Å²) >= 11 is 0. The van der Waals surface area contributed by atoms with Crippen molar-refractivity contribution in [1.29, 1.82) is 0 Å². The molecule has 11 heavy (non-hydrogen) atoms. The van der Waals surface area contributed by atoms with Gasteiger partial charge >= 0.3 is 0 Å². The Bertz CT molecular complexity index is 98.6. The van der Waals surface area contributed by atoms with Gasteiger partial charge in [-0.2, -0.15) is 0 Å². The van der Waals surface area contributed by atoms with Crippen LogP contribution in [0.15, 0.2) is 12.2 Å². The lowest BCUT2D eigenvalue weighted by Gasteiger charge is -2.14. The molecule has 1 unspecified atom stereocenters. The molecule has 0 aliphatic carbocycles. The summed E-state index contributed by atoms with van der Waals surface area (Å²) in [5.41, 5.74) is 0. The smallest absolute Gasteiger partial charge is 0.0259 e. The van der Waals surface area contributed by atoms with Gasteiger partial charge in [0.15, 0.2) is 0 Å². The summed E-state index contributed by atoms with van der Waals surface area (Å²) in [4.78, 5) is 0. The molecule has 0 aromatic heterocycles. The van der Waals surface area contributed by atoms with Crippen LogP contribution in [0.5, 0.6) is 0 Å². The largest absolute Gasteiger partial charge is 0.0914 e. The highest BCUT2D eigenvalue weighted by atomic mass is 14.1. The van der Waals surface area contributed by atoms with Crippen molar-refractivity contribution in [3.63, 3.8) is 0 Å². The summed E-state index contributed by atoms with van der Waals surface area (Å²) in [6.07, 6.45) is 8.49. The zero-order valence-electron chi connectivity index (χ0n) is 8.43. The quantitative estimate of drug-likeness (QED) is 0.524. The molecule has 0 aromatic carbocycles. The Balaban J connectivity index is 3.61. The Hall–Kier alpha value is -0.260. The number of hydrogen-bond acceptors (Lipinski definition) is 0. The van der Waals surface area contributed by atoms with Gasteiger partial charge < -0.3 is 0 Å². The predicted molar refractivity (Wildman–Crippen MR) is 52.7 cm³/mol. The van der Waals surface area contributed by atoms with E-state index in [0.717, 1.165) is 11.8 Å². The molecule has 1 atom stereocenters. The van der Waals surface area contributed by atoms with Crippen LogP contribution in [-0.4, -0.2) is 0 Å². The van der Waals surface area contributed by atoms with Crippen molar-refractivity contribution < 1.29 is 0 Å². The number of rotatable bonds is 5. The Labute approximate surface area is 71.7 Å². The van der Waals surface area contributed by atoms with Crippen molar-refractivity contribution in [2.24, 2.45) is 11.8 Å². The minimum Gasteiger partial charge on any atom is -0.0914 e. The van der Waals surface area contributed by atoms with Crippen LogP contribution in [0.2, 0.25) is 0 Å². The topological polar surface area (TPSA) is 0 Å². The zero-order valence-corrected chi connectivity index (χ0v) is 8.43. The third kappa shape index (κ3) is 5.06. The van der Waals surface area contributed by atoms with E-state index in [2.05, 4.69) is 39.8 Å². The van der Waals surface area contributed by atoms with Gasteiger partial charge in [0, 0.05) is 0 Å². The Morgan fingerprint density at radius 2 is 1.73 bits per heavy atom. The van der Waals surface area contributed by atoms with E-state index in [4.69, 9.17) is 0 Å². The molecule has 66 valence electrons. The van der Waals surface area contributed by atoms with Gasteiger partial charge in [0.2, 0.25) is 0 Å². The summed E-state index contributed by atoms with van der Waals surface area (Å²) in [5, 5.41) is 0. The van der Waals surface area contributed by atoms with Gasteiger partial charge in [0.05, 0.1) is 0 Å². The summed E-state index contributed by atoms with van der Waals surface area (Å²) in [6.45, 7) is 8.98. The van der Waals surface area contributed by atoms with Crippen LogP contribution in [0, 0.1) is 11.8 Å². The maximum Gasteiger partial charge on any atom is -0.0259 e. The number of hydrogen-bond donors (Lipinski definition) is 0. The first-order chi connectivity index (χ1) is 5.24. The lowest BCUT2D eigenvalue weighted by Crippen LogP contribution is -2.02. The minimum atomic E-state index is 0.768. The molecule has 0 aromatic rings. The average molecular weight is 154 g/mol. The van der Waals surface area contributed by atoms with Crippen LogP contribution in [0.4, 0.5) is 0 Å². The van der Waals surface area contributed by atoms with Crippen LogP contribution in [0.25, 0.3) is 0 Å². The monoisotopic (exact) mass is 154 g/mol. The van der Waals surface area contributed by atoms with Crippen molar-refractivity contribution in [1.82, 2.24) is 0 Å². The van der Waals surface area contributed by atoms with E-state index in [1.54, 1.807) is 0 Å². The first kappa shape index (κ1) is 10.7. The lowest BCUT2D eigenvalue weighted by molar-refractivity contribution is 0.408. The average Bonchev–Trinajstić information content (AvgIpc) is 2.01. The van der Waals surface area contributed by atoms with E-state index in [9.17, 15) is 0 Å². The molecular weight excluding hydrogens is 132 g/mol. The fraction of sp³-hybridized carbons (Fsp3) is 0.818. The van der Waals surface area contributed by atoms with Crippen LogP contribution in [0.1, 0.15) is 47.0 Å². The van der Waals surface area contributed by atoms with E-state index in [0.29, 0.717) is 0 Å². The molecule has 0 heteroatoms. The second kappa shape index (κ2) is 6.45. The Morgan fingerprint density at radius 3 is 2.09 bits per heavy atom. The van der Waals surface area contributed by atoms with Gasteiger partial charge in [-0.15, -0.1) is 0 Å². The molecule has 0 radical (unpaired) electrons. The molecule has 0 N–H and O–H groups in total. The number of allylic oxidation sites excluding steroid dienone is 2. The van der Waals surface area contributed by atoms with E-state index in [1.165, 1.54) is 19.3 Å². The van der Waals surface area contributed by atoms with E-state index in [1.807, 2.05) is 0 Å². The Kier molecular flexibility index (Phi) is 6.30. The second-order valence-corrected chi connectivity index (χ2v) is 3.42. The molecule has 0 nitrogen and oxygen atoms in total. The normalized spacial score (nSPS) is 14.6. The lowest BCUT2D eigenvalue weighted by atomic mass is 9.91. The molecule has 0 bridgehead atoms. The van der Waals surface area contributed by atoms with Crippen LogP contribution in [-0.2, 0) is 0 Å². The third-order valence-electron chi connectivity index (χ3n) is 2.38. The summed E-state index contributed by atoms with van der Waals surface area (Å²) in [5.74, 6) is 1.70. The van der Waals surface area contributed by atoms with Crippen LogP contribution < -0.4 is 0 Å². The van der Waals surface area contributed by atoms with Crippen LogP contribution in [0.3, 0.4) is 0 Å². The highest BCUT2D eigenvalue weighted by Gasteiger charge is 2.06. The van der Waals surface area contributed by atoms with Crippen molar-refractivity contribution >= 4 is 0 Å². The Morgan fingerprint density at radius 1 is 1.18 bits per heavy atom. The third-order valence-corrected chi connectivity index (χ3v) is 2.38. The van der Waals surface area contributed by atoms with Crippen LogP contribution >= 0.6 is 0 Å². The molecular formula is C11H22. The molecule has 0 heterocycles. The zero-order chi connectivity index (χ0) is 8.69. The van der Waals surface area contributed by atoms with Gasteiger partial charge in [-0.25, -0.2) is 0 Å². The maximum atomic E-state index is 2.30. The molecule has 0 aliphatic rings. The first-order valence-corrected chi connectivity index (χ1v) is 4.87. The van der Waals surface area contributed by atoms with Gasteiger partial charge in [-0.1, -0.05) is 45.8 Å². The standard InChI is InChI=1S/C11H22/c1-5-8-10(4)9-11(6-2)7-3/h5,8,10-11H,6-7,9H2,1-4H3. The minimum absolute atomic E-state index is 0.768. The highest BCUT2D eigenvalue weighted by Crippen LogP contribution is 2.19. The fourth-order valence-electron chi connectivity index (χ4n) is 1.55. The molecule has 0 saturated heterocycles. The molecule has 0 fully saturated rings. The van der Waals surface area contributed by atoms with Crippen molar-refractivity contribution in [3.8, 4) is 0 Å². The summed E-state index contributed by atoms with van der Waals surface area (Å²) in [6, 6.07) is 0. The van der Waals surface area contributed by atoms with E-state index < -0.39 is 0 Å². The molecule has 0 spiro atoms. The maximum absolute atomic E-state index is 2.30. The van der Waals surface area contributed by atoms with Gasteiger partial charge in [0.1, 0.15) is 0 Å². The van der Waals surface area contributed by atoms with Gasteiger partial charge in [0.25, 0.3) is 0 Å². The SMILES string of the molecule is CC=CC(C)CC(CC)CC. The molecule has 0 saturated carbocycles. The van der Waals surface area contributed by atoms with Crippen molar-refractivity contribution in [3.05, 3.63) is 12.2 Å². The van der Waals surface area contributed by atoms with Crippen molar-refractivity contribution in [2.75, 3.05) is 0 Å². The van der Waals surface area contributed by atoms with Gasteiger partial charge in [-0.3, -0.25) is 0 Å². The van der Waals surface area contributed by atoms with Gasteiger partial charge in [-0.05, 0) is 25.2 Å². The molecule has 0 amide bonds. The predicted octanol–water partition coefficient (Wildman–Crippen LogP) is 4.02. The van der Waals surface area contributed by atoms with Crippen molar-refractivity contribution in [2.45, 2.75) is 47.0 Å². The highest BCUT2D eigenvalue weighted by molar-refractivity contribution is 4.83. The summed E-state index contributed by atoms with van der Waals surface area (Å²) < 4.78 is 0. The van der Waals surface area contributed by atoms with E-state index in [-0.39, 0.29) is 0 Å².